The number of nitrogens with zero attached hydrogens (tertiary/aromatic N) is 1. The van der Waals surface area contributed by atoms with Crippen molar-refractivity contribution in [2.75, 3.05) is 6.54 Å². The monoisotopic (exact) mass is 324 g/mol. The first-order valence-electron chi connectivity index (χ1n) is 6.17. The molecule has 0 saturated heterocycles. The van der Waals surface area contributed by atoms with Crippen LogP contribution in [0.15, 0.2) is 12.3 Å². The lowest BCUT2D eigenvalue weighted by Crippen LogP contribution is -2.33. The van der Waals surface area contributed by atoms with E-state index in [1.54, 1.807) is 20.8 Å². The van der Waals surface area contributed by atoms with Crippen LogP contribution in [0.1, 0.15) is 32.0 Å². The van der Waals surface area contributed by atoms with Crippen LogP contribution in [0.4, 0.5) is 18.0 Å². The Kier molecular flexibility index (Phi) is 5.44. The van der Waals surface area contributed by atoms with E-state index in [9.17, 15) is 18.0 Å². The zero-order chi connectivity index (χ0) is 16.3. The third kappa shape index (κ3) is 6.20. The van der Waals surface area contributed by atoms with Gasteiger partial charge in [0.25, 0.3) is 0 Å². The summed E-state index contributed by atoms with van der Waals surface area (Å²) in [5, 5.41) is 2.39. The number of alkyl halides is 3. The largest absolute Gasteiger partial charge is 0.444 e. The van der Waals surface area contributed by atoms with E-state index in [1.165, 1.54) is 0 Å². The number of nitrogens with one attached hydrogen (secondary N) is 1. The topological polar surface area (TPSA) is 51.2 Å². The Balaban J connectivity index is 2.55. The van der Waals surface area contributed by atoms with E-state index in [-0.39, 0.29) is 23.7 Å². The first-order chi connectivity index (χ1) is 9.49. The highest BCUT2D eigenvalue weighted by molar-refractivity contribution is 6.31. The molecule has 0 aliphatic carbocycles. The molecule has 0 saturated carbocycles. The fourth-order valence-corrected chi connectivity index (χ4v) is 1.66. The number of rotatable bonds is 3. The Morgan fingerprint density at radius 1 is 1.38 bits per heavy atom. The molecule has 21 heavy (non-hydrogen) atoms. The summed E-state index contributed by atoms with van der Waals surface area (Å²) in [5.41, 5.74) is -1.24. The molecule has 0 aromatic carbocycles. The Morgan fingerprint density at radius 3 is 2.48 bits per heavy atom. The van der Waals surface area contributed by atoms with E-state index >= 15 is 0 Å². The number of alkyl carbamates (subject to hydrolysis) is 1. The van der Waals surface area contributed by atoms with Gasteiger partial charge < -0.3 is 10.1 Å². The number of halogens is 4. The van der Waals surface area contributed by atoms with Crippen molar-refractivity contribution in [3.05, 3.63) is 28.5 Å². The number of hydrogen-bond acceptors (Lipinski definition) is 3. The lowest BCUT2D eigenvalue weighted by molar-refractivity contribution is -0.137. The number of carbonyl (C=O) groups is 1. The van der Waals surface area contributed by atoms with Crippen molar-refractivity contribution in [3.63, 3.8) is 0 Å². The molecule has 0 bridgehead atoms. The van der Waals surface area contributed by atoms with Crippen LogP contribution in [0.5, 0.6) is 0 Å². The van der Waals surface area contributed by atoms with Crippen LogP contribution in [0.3, 0.4) is 0 Å². The van der Waals surface area contributed by atoms with Crippen LogP contribution >= 0.6 is 11.6 Å². The average Bonchev–Trinajstić information content (AvgIpc) is 2.27. The van der Waals surface area contributed by atoms with Crippen LogP contribution < -0.4 is 5.32 Å². The molecule has 0 fully saturated rings. The molecule has 0 unspecified atom stereocenters. The predicted molar refractivity (Wildman–Crippen MR) is 72.2 cm³/mol. The lowest BCUT2D eigenvalue weighted by Gasteiger charge is -2.19. The summed E-state index contributed by atoms with van der Waals surface area (Å²) in [7, 11) is 0. The van der Waals surface area contributed by atoms with E-state index in [0.717, 1.165) is 6.07 Å². The van der Waals surface area contributed by atoms with Crippen molar-refractivity contribution >= 4 is 17.7 Å². The van der Waals surface area contributed by atoms with Gasteiger partial charge in [-0.2, -0.15) is 13.2 Å². The number of carbonyl (C=O) groups excluding carboxylic acids is 1. The average molecular weight is 325 g/mol. The fraction of sp³-hybridized carbons (Fsp3) is 0.538. The summed E-state index contributed by atoms with van der Waals surface area (Å²) >= 11 is 5.75. The molecule has 1 N–H and O–H groups in total. The second kappa shape index (κ2) is 6.51. The van der Waals surface area contributed by atoms with Crippen LogP contribution in [0, 0.1) is 0 Å². The highest BCUT2D eigenvalue weighted by Gasteiger charge is 2.31. The molecular formula is C13H16ClF3N2O2. The second-order valence-corrected chi connectivity index (χ2v) is 5.74. The van der Waals surface area contributed by atoms with Crippen LogP contribution in [0.2, 0.25) is 5.02 Å². The second-order valence-electron chi connectivity index (χ2n) is 5.33. The van der Waals surface area contributed by atoms with Gasteiger partial charge in [0.2, 0.25) is 0 Å². The van der Waals surface area contributed by atoms with E-state index in [1.807, 2.05) is 0 Å². The zero-order valence-corrected chi connectivity index (χ0v) is 12.6. The molecule has 118 valence electrons. The molecule has 0 spiro atoms. The van der Waals surface area contributed by atoms with Crippen LogP contribution in [0.25, 0.3) is 0 Å². The van der Waals surface area contributed by atoms with Gasteiger partial charge in [-0.3, -0.25) is 4.98 Å². The van der Waals surface area contributed by atoms with Gasteiger partial charge in [0, 0.05) is 19.2 Å². The summed E-state index contributed by atoms with van der Waals surface area (Å²) in [6.07, 6.45) is -4.17. The Morgan fingerprint density at radius 2 is 2.00 bits per heavy atom. The summed E-state index contributed by atoms with van der Waals surface area (Å²) < 4.78 is 42.3. The molecular weight excluding hydrogens is 309 g/mol. The van der Waals surface area contributed by atoms with E-state index < -0.39 is 23.4 Å². The van der Waals surface area contributed by atoms with Crippen molar-refractivity contribution < 1.29 is 22.7 Å². The normalized spacial score (nSPS) is 12.1. The minimum Gasteiger partial charge on any atom is -0.444 e. The maximum atomic E-state index is 12.4. The van der Waals surface area contributed by atoms with E-state index in [2.05, 4.69) is 10.3 Å². The summed E-state index contributed by atoms with van der Waals surface area (Å²) in [6, 6.07) is 0.817. The van der Waals surface area contributed by atoms with Crippen LogP contribution in [-0.2, 0) is 17.3 Å². The number of ether oxygens (including phenoxy) is 1. The molecule has 1 heterocycles. The maximum absolute atomic E-state index is 12.4. The van der Waals surface area contributed by atoms with Crippen molar-refractivity contribution in [1.29, 1.82) is 0 Å². The van der Waals surface area contributed by atoms with Crippen molar-refractivity contribution in [2.24, 2.45) is 0 Å². The van der Waals surface area contributed by atoms with E-state index in [0.29, 0.717) is 6.20 Å². The highest BCUT2D eigenvalue weighted by atomic mass is 35.5. The minimum absolute atomic E-state index is 0.0872. The van der Waals surface area contributed by atoms with Gasteiger partial charge in [-0.15, -0.1) is 0 Å². The molecule has 8 heteroatoms. The smallest absolute Gasteiger partial charge is 0.417 e. The van der Waals surface area contributed by atoms with Gasteiger partial charge in [-0.1, -0.05) is 11.6 Å². The van der Waals surface area contributed by atoms with Gasteiger partial charge in [-0.05, 0) is 26.8 Å². The highest BCUT2D eigenvalue weighted by Crippen LogP contribution is 2.31. The van der Waals surface area contributed by atoms with Crippen molar-refractivity contribution in [2.45, 2.75) is 39.0 Å². The quantitative estimate of drug-likeness (QED) is 0.919. The van der Waals surface area contributed by atoms with Gasteiger partial charge in [0.1, 0.15) is 5.60 Å². The van der Waals surface area contributed by atoms with Gasteiger partial charge in [0.05, 0.1) is 16.3 Å². The Hall–Kier alpha value is -1.50. The molecule has 1 aromatic rings. The number of pyridine rings is 1. The molecule has 0 radical (unpaired) electrons. The van der Waals surface area contributed by atoms with Gasteiger partial charge >= 0.3 is 12.3 Å². The molecule has 0 aliphatic heterocycles. The first-order valence-corrected chi connectivity index (χ1v) is 6.55. The molecule has 0 atom stereocenters. The molecule has 4 nitrogen and oxygen atoms in total. The molecule has 1 aromatic heterocycles. The Labute approximate surface area is 125 Å². The summed E-state index contributed by atoms with van der Waals surface area (Å²) in [6.45, 7) is 5.33. The lowest BCUT2D eigenvalue weighted by atomic mass is 10.2. The third-order valence-electron chi connectivity index (χ3n) is 2.27. The number of amides is 1. The van der Waals surface area contributed by atoms with Gasteiger partial charge in [0.15, 0.2) is 0 Å². The third-order valence-corrected chi connectivity index (χ3v) is 2.60. The van der Waals surface area contributed by atoms with Crippen molar-refractivity contribution in [3.8, 4) is 0 Å². The fourth-order valence-electron chi connectivity index (χ4n) is 1.40. The molecule has 1 amide bonds. The summed E-state index contributed by atoms with van der Waals surface area (Å²) in [5.74, 6) is 0. The zero-order valence-electron chi connectivity index (χ0n) is 11.8. The minimum atomic E-state index is -4.48. The summed E-state index contributed by atoms with van der Waals surface area (Å²) in [4.78, 5) is 15.1. The Bertz CT molecular complexity index is 513. The standard InChI is InChI=1S/C13H16ClF3N2O2/c1-12(2,3)21-11(20)18-5-4-10-9(14)6-8(7-19-10)13(15,16)17/h6-7H,4-5H2,1-3H3,(H,18,20). The number of aromatic nitrogens is 1. The SMILES string of the molecule is CC(C)(C)OC(=O)NCCc1ncc(C(F)(F)F)cc1Cl. The molecule has 1 rings (SSSR count). The maximum Gasteiger partial charge on any atom is 0.417 e. The number of hydrogen-bond donors (Lipinski definition) is 1. The predicted octanol–water partition coefficient (Wildman–Crippen LogP) is 3.82. The van der Waals surface area contributed by atoms with Crippen molar-refractivity contribution in [1.82, 2.24) is 10.3 Å². The first kappa shape index (κ1) is 17.6. The van der Waals surface area contributed by atoms with Crippen LogP contribution in [-0.4, -0.2) is 23.2 Å². The molecule has 0 aliphatic rings. The van der Waals surface area contributed by atoms with Gasteiger partial charge in [-0.25, -0.2) is 4.79 Å². The van der Waals surface area contributed by atoms with E-state index in [4.69, 9.17) is 16.3 Å².